The number of aromatic nitrogens is 1. The first-order valence-corrected chi connectivity index (χ1v) is 9.25. The number of hydrogen-bond donors (Lipinski definition) is 2. The van der Waals surface area contributed by atoms with Crippen molar-refractivity contribution in [3.8, 4) is 0 Å². The maximum atomic E-state index is 12.5. The lowest BCUT2D eigenvalue weighted by Crippen LogP contribution is -2.46. The summed E-state index contributed by atoms with van der Waals surface area (Å²) in [7, 11) is 0. The smallest absolute Gasteiger partial charge is 0.224 e. The van der Waals surface area contributed by atoms with Crippen LogP contribution in [-0.4, -0.2) is 34.9 Å². The van der Waals surface area contributed by atoms with Gasteiger partial charge in [0.15, 0.2) is 5.13 Å². The second kappa shape index (κ2) is 7.42. The fourth-order valence-corrected chi connectivity index (χ4v) is 4.32. The Balaban J connectivity index is 1.49. The van der Waals surface area contributed by atoms with Crippen molar-refractivity contribution >= 4 is 22.4 Å². The highest BCUT2D eigenvalue weighted by molar-refractivity contribution is 7.15. The van der Waals surface area contributed by atoms with Gasteiger partial charge in [-0.3, -0.25) is 9.69 Å². The van der Waals surface area contributed by atoms with Crippen LogP contribution in [0.1, 0.15) is 49.8 Å². The summed E-state index contributed by atoms with van der Waals surface area (Å²) in [4.78, 5) is 20.2. The molecule has 1 aromatic rings. The number of amides is 1. The molecule has 0 aromatic carbocycles. The third kappa shape index (κ3) is 4.20. The van der Waals surface area contributed by atoms with E-state index < -0.39 is 0 Å². The van der Waals surface area contributed by atoms with Crippen molar-refractivity contribution in [3.05, 3.63) is 11.1 Å². The Labute approximate surface area is 136 Å². The van der Waals surface area contributed by atoms with Gasteiger partial charge >= 0.3 is 0 Å². The molecular weight excluding hydrogens is 296 g/mol. The highest BCUT2D eigenvalue weighted by Crippen LogP contribution is 2.23. The first-order chi connectivity index (χ1) is 10.7. The van der Waals surface area contributed by atoms with Gasteiger partial charge in [-0.1, -0.05) is 19.3 Å². The number of anilines is 1. The number of rotatable bonds is 4. The first kappa shape index (κ1) is 15.7. The molecule has 1 aliphatic heterocycles. The Hall–Kier alpha value is -1.14. The van der Waals surface area contributed by atoms with Gasteiger partial charge in [-0.2, -0.15) is 0 Å². The van der Waals surface area contributed by atoms with Gasteiger partial charge in [0.05, 0.1) is 5.92 Å². The molecule has 0 bridgehead atoms. The molecule has 0 radical (unpaired) electrons. The van der Waals surface area contributed by atoms with E-state index in [1.807, 2.05) is 6.20 Å². The van der Waals surface area contributed by atoms with Crippen LogP contribution in [0.2, 0.25) is 0 Å². The van der Waals surface area contributed by atoms with E-state index in [2.05, 4.69) is 15.2 Å². The fourth-order valence-electron chi connectivity index (χ4n) is 3.60. The van der Waals surface area contributed by atoms with Crippen molar-refractivity contribution in [1.29, 1.82) is 0 Å². The number of nitrogens with zero attached hydrogens (tertiary/aromatic N) is 2. The molecule has 2 fully saturated rings. The van der Waals surface area contributed by atoms with E-state index in [9.17, 15) is 4.79 Å². The van der Waals surface area contributed by atoms with Crippen LogP contribution < -0.4 is 11.1 Å². The number of piperidine rings is 1. The summed E-state index contributed by atoms with van der Waals surface area (Å²) in [5.41, 5.74) is 5.69. The van der Waals surface area contributed by atoms with Gasteiger partial charge in [0, 0.05) is 30.2 Å². The van der Waals surface area contributed by atoms with Crippen LogP contribution in [0, 0.1) is 5.92 Å². The number of nitrogens with one attached hydrogen (secondary N) is 1. The Kier molecular flexibility index (Phi) is 5.31. The zero-order chi connectivity index (χ0) is 15.4. The molecule has 122 valence electrons. The molecule has 1 aromatic heterocycles. The van der Waals surface area contributed by atoms with Crippen molar-refractivity contribution in [2.75, 3.05) is 18.8 Å². The lowest BCUT2D eigenvalue weighted by molar-refractivity contribution is -0.127. The maximum Gasteiger partial charge on any atom is 0.224 e. The average Bonchev–Trinajstić information content (AvgIpc) is 2.93. The minimum Gasteiger partial charge on any atom is -0.375 e. The predicted molar refractivity (Wildman–Crippen MR) is 89.5 cm³/mol. The molecular formula is C16H26N4OS. The summed E-state index contributed by atoms with van der Waals surface area (Å²) >= 11 is 1.54. The topological polar surface area (TPSA) is 71.2 Å². The van der Waals surface area contributed by atoms with Crippen molar-refractivity contribution in [2.45, 2.75) is 57.5 Å². The van der Waals surface area contributed by atoms with E-state index in [0.29, 0.717) is 11.2 Å². The maximum absolute atomic E-state index is 12.5. The molecule has 3 N–H and O–H groups in total. The Bertz CT molecular complexity index is 498. The number of nitrogens with two attached hydrogens (primary N) is 1. The van der Waals surface area contributed by atoms with Crippen molar-refractivity contribution in [2.24, 2.45) is 5.92 Å². The van der Waals surface area contributed by atoms with E-state index in [1.165, 1.54) is 24.1 Å². The molecule has 22 heavy (non-hydrogen) atoms. The van der Waals surface area contributed by atoms with Crippen molar-refractivity contribution < 1.29 is 4.79 Å². The molecule has 1 unspecified atom stereocenters. The summed E-state index contributed by atoms with van der Waals surface area (Å²) in [6.07, 6.45) is 10.1. The van der Waals surface area contributed by atoms with Crippen LogP contribution in [0.5, 0.6) is 0 Å². The van der Waals surface area contributed by atoms with Gasteiger partial charge in [-0.25, -0.2) is 4.98 Å². The molecule has 1 atom stereocenters. The molecule has 6 heteroatoms. The molecule has 2 aliphatic rings. The number of thiazole rings is 1. The van der Waals surface area contributed by atoms with Gasteiger partial charge in [0.2, 0.25) is 5.91 Å². The number of likely N-dealkylation sites (tertiary alicyclic amines) is 1. The molecule has 1 saturated heterocycles. The summed E-state index contributed by atoms with van der Waals surface area (Å²) in [5.74, 6) is 0.404. The fraction of sp³-hybridized carbons (Fsp3) is 0.750. The van der Waals surface area contributed by atoms with Gasteiger partial charge in [-0.05, 0) is 32.2 Å². The summed E-state index contributed by atoms with van der Waals surface area (Å²) in [6, 6.07) is 0.415. The monoisotopic (exact) mass is 322 g/mol. The molecule has 1 saturated carbocycles. The van der Waals surface area contributed by atoms with Crippen LogP contribution in [-0.2, 0) is 11.3 Å². The Morgan fingerprint density at radius 2 is 2.14 bits per heavy atom. The summed E-state index contributed by atoms with van der Waals surface area (Å²) < 4.78 is 0. The van der Waals surface area contributed by atoms with E-state index >= 15 is 0 Å². The third-order valence-corrected chi connectivity index (χ3v) is 5.59. The molecule has 2 heterocycles. The van der Waals surface area contributed by atoms with E-state index in [1.54, 1.807) is 11.3 Å². The number of carbonyl (C=O) groups excluding carboxylic acids is 1. The molecule has 1 aliphatic carbocycles. The summed E-state index contributed by atoms with van der Waals surface area (Å²) in [6.45, 7) is 2.78. The van der Waals surface area contributed by atoms with Gasteiger partial charge in [-0.15, -0.1) is 11.3 Å². The van der Waals surface area contributed by atoms with E-state index in [4.69, 9.17) is 5.73 Å². The van der Waals surface area contributed by atoms with Crippen LogP contribution in [0.3, 0.4) is 0 Å². The van der Waals surface area contributed by atoms with Crippen LogP contribution in [0.25, 0.3) is 0 Å². The third-order valence-electron chi connectivity index (χ3n) is 4.78. The van der Waals surface area contributed by atoms with Crippen LogP contribution in [0.4, 0.5) is 5.13 Å². The van der Waals surface area contributed by atoms with E-state index in [0.717, 1.165) is 45.3 Å². The number of carbonyl (C=O) groups is 1. The average molecular weight is 322 g/mol. The van der Waals surface area contributed by atoms with Crippen molar-refractivity contribution in [1.82, 2.24) is 15.2 Å². The predicted octanol–water partition coefficient (Wildman–Crippen LogP) is 2.39. The minimum atomic E-state index is 0.140. The molecule has 5 nitrogen and oxygen atoms in total. The second-order valence-corrected chi connectivity index (χ2v) is 7.73. The zero-order valence-corrected chi connectivity index (χ0v) is 13.9. The first-order valence-electron chi connectivity index (χ1n) is 8.43. The van der Waals surface area contributed by atoms with Crippen LogP contribution in [0.15, 0.2) is 6.20 Å². The largest absolute Gasteiger partial charge is 0.375 e. The standard InChI is InChI=1S/C16H26N4OS/c17-16-18-9-14(22-16)11-20-8-4-5-12(10-20)15(21)19-13-6-2-1-3-7-13/h9,12-13H,1-8,10-11H2,(H2,17,18)(H,19,21). The molecule has 3 rings (SSSR count). The Morgan fingerprint density at radius 1 is 1.32 bits per heavy atom. The lowest BCUT2D eigenvalue weighted by Gasteiger charge is -2.33. The SMILES string of the molecule is Nc1ncc(CN2CCCC(C(=O)NC3CCCCC3)C2)s1. The van der Waals surface area contributed by atoms with Crippen molar-refractivity contribution in [3.63, 3.8) is 0 Å². The van der Waals surface area contributed by atoms with E-state index in [-0.39, 0.29) is 11.8 Å². The normalized spacial score (nSPS) is 24.3. The lowest BCUT2D eigenvalue weighted by atomic mass is 9.93. The Morgan fingerprint density at radius 3 is 2.86 bits per heavy atom. The molecule has 0 spiro atoms. The number of hydrogen-bond acceptors (Lipinski definition) is 5. The summed E-state index contributed by atoms with van der Waals surface area (Å²) in [5, 5.41) is 3.91. The quantitative estimate of drug-likeness (QED) is 0.893. The minimum absolute atomic E-state index is 0.140. The van der Waals surface area contributed by atoms with Gasteiger partial charge in [0.1, 0.15) is 0 Å². The number of nitrogen functional groups attached to an aromatic ring is 1. The van der Waals surface area contributed by atoms with Gasteiger partial charge < -0.3 is 11.1 Å². The zero-order valence-electron chi connectivity index (χ0n) is 13.1. The molecule has 1 amide bonds. The highest BCUT2D eigenvalue weighted by Gasteiger charge is 2.27. The highest BCUT2D eigenvalue weighted by atomic mass is 32.1. The van der Waals surface area contributed by atoms with Crippen LogP contribution >= 0.6 is 11.3 Å². The second-order valence-electron chi connectivity index (χ2n) is 6.58. The van der Waals surface area contributed by atoms with Gasteiger partial charge in [0.25, 0.3) is 0 Å².